The lowest BCUT2D eigenvalue weighted by molar-refractivity contribution is -0.200. The van der Waals surface area contributed by atoms with Gasteiger partial charge in [0.2, 0.25) is 17.6 Å². The Labute approximate surface area is 294 Å². The highest BCUT2D eigenvalue weighted by molar-refractivity contribution is 6.01. The number of nitrogens with two attached hydrogens (primary N) is 1. The molecule has 50 heavy (non-hydrogen) atoms. The molecule has 1 heterocycles. The summed E-state index contributed by atoms with van der Waals surface area (Å²) in [6, 6.07) is 5.19. The van der Waals surface area contributed by atoms with Crippen molar-refractivity contribution in [3.8, 4) is 5.75 Å². The van der Waals surface area contributed by atoms with Crippen LogP contribution in [-0.4, -0.2) is 71.3 Å². The van der Waals surface area contributed by atoms with Gasteiger partial charge in [-0.05, 0) is 93.2 Å². The van der Waals surface area contributed by atoms with Crippen LogP contribution in [0.4, 0.5) is 5.69 Å². The van der Waals surface area contributed by atoms with Crippen molar-refractivity contribution in [3.63, 3.8) is 0 Å². The predicted octanol–water partition coefficient (Wildman–Crippen LogP) is 4.23. The van der Waals surface area contributed by atoms with Crippen LogP contribution < -0.4 is 21.1 Å². The minimum Gasteiger partial charge on any atom is -0.486 e. The van der Waals surface area contributed by atoms with Crippen LogP contribution >= 0.6 is 0 Å². The molecule has 6 rings (SSSR count). The van der Waals surface area contributed by atoms with Crippen molar-refractivity contribution in [1.82, 2.24) is 5.32 Å². The van der Waals surface area contributed by atoms with Gasteiger partial charge in [0.05, 0.1) is 18.2 Å². The van der Waals surface area contributed by atoms with E-state index in [0.29, 0.717) is 30.7 Å². The molecule has 0 radical (unpaired) electrons. The van der Waals surface area contributed by atoms with Crippen LogP contribution in [-0.2, 0) is 28.7 Å². The lowest BCUT2D eigenvalue weighted by Crippen LogP contribution is -2.63. The van der Waals surface area contributed by atoms with Gasteiger partial charge >= 0.3 is 0 Å². The Balaban J connectivity index is 1.16. The number of hydrogen-bond acceptors (Lipinski definition) is 9. The molecule has 2 amide bonds. The molecular weight excluding hydrogens is 638 g/mol. The van der Waals surface area contributed by atoms with E-state index in [2.05, 4.69) is 31.4 Å². The fourth-order valence-electron chi connectivity index (χ4n) is 9.82. The predicted molar refractivity (Wildman–Crippen MR) is 187 cm³/mol. The van der Waals surface area contributed by atoms with Gasteiger partial charge in [-0.2, -0.15) is 0 Å². The monoisotopic (exact) mass is 691 g/mol. The number of rotatable bonds is 11. The van der Waals surface area contributed by atoms with Crippen molar-refractivity contribution in [3.05, 3.63) is 48.1 Å². The highest BCUT2D eigenvalue weighted by atomic mass is 16.7. The van der Waals surface area contributed by atoms with Crippen molar-refractivity contribution >= 4 is 29.1 Å². The number of Topliss-reactive ketones (excluding diaryl/α,β-unsaturated/α-hetero) is 1. The van der Waals surface area contributed by atoms with Gasteiger partial charge in [-0.3, -0.25) is 19.2 Å². The van der Waals surface area contributed by atoms with Crippen LogP contribution in [0.5, 0.6) is 5.75 Å². The van der Waals surface area contributed by atoms with E-state index < -0.39 is 52.9 Å². The second-order valence-electron chi connectivity index (χ2n) is 15.9. The summed E-state index contributed by atoms with van der Waals surface area (Å²) < 4.78 is 19.3. The van der Waals surface area contributed by atoms with Crippen molar-refractivity contribution in [1.29, 1.82) is 0 Å². The lowest BCUT2D eigenvalue weighted by atomic mass is 9.46. The molecule has 1 aromatic rings. The second-order valence-corrected chi connectivity index (χ2v) is 15.9. The molecule has 0 spiro atoms. The SMILES string of the molecule is CCCC1O[C@@H]2C[C@H]3[C@@H]4CCC5=CC(=O)C=C[C@]5(C)[C@H]4[C@@H](O)C[C@]3(C)[C@]2(C(=O)COc2ccc(NC(=O)[C@H](C)NC(=O)[C@@H](N)C(C)C)cc2)O1. The number of allylic oxidation sites excluding steroid dienone is 4. The zero-order chi connectivity index (χ0) is 36.2. The molecule has 0 bridgehead atoms. The molecule has 11 nitrogen and oxygen atoms in total. The first kappa shape index (κ1) is 36.4. The standard InChI is InChI=1S/C39H53N3O8/c1-7-8-32-49-31-18-28-27-14-9-23-17-25(43)15-16-37(23,5)33(27)29(44)19-38(28,6)39(31,50-32)30(45)20-48-26-12-10-24(11-13-26)42-35(46)22(4)41-36(47)34(40)21(2)3/h10-13,15-17,21-22,27-29,31-34,44H,7-9,14,18-20,40H2,1-6H3,(H,41,47)(H,42,46)/t22-,27-,28-,29-,31+,32?,33+,34-,37-,38-,39+/m0/s1. The largest absolute Gasteiger partial charge is 0.486 e. The number of nitrogens with one attached hydrogen (secondary N) is 2. The van der Waals surface area contributed by atoms with E-state index in [4.69, 9.17) is 19.9 Å². The molecule has 3 saturated carbocycles. The summed E-state index contributed by atoms with van der Waals surface area (Å²) in [7, 11) is 0. The molecule has 11 heteroatoms. The number of ketones is 2. The zero-order valence-corrected chi connectivity index (χ0v) is 30.1. The fourth-order valence-corrected chi connectivity index (χ4v) is 9.82. The quantitative estimate of drug-likeness (QED) is 0.266. The summed E-state index contributed by atoms with van der Waals surface area (Å²) in [6.45, 7) is 11.3. The van der Waals surface area contributed by atoms with Gasteiger partial charge in [0, 0.05) is 22.4 Å². The molecule has 1 aromatic carbocycles. The van der Waals surface area contributed by atoms with Crippen LogP contribution in [0.25, 0.3) is 0 Å². The number of aliphatic hydroxyl groups excluding tert-OH is 1. The Morgan fingerprint density at radius 3 is 2.52 bits per heavy atom. The first-order chi connectivity index (χ1) is 23.6. The number of benzene rings is 1. The summed E-state index contributed by atoms with van der Waals surface area (Å²) in [5.74, 6) is -0.477. The van der Waals surface area contributed by atoms with E-state index in [1.807, 2.05) is 19.9 Å². The number of ether oxygens (including phenoxy) is 3. The van der Waals surface area contributed by atoms with Crippen LogP contribution in [0.2, 0.25) is 0 Å². The van der Waals surface area contributed by atoms with E-state index >= 15 is 0 Å². The highest BCUT2D eigenvalue weighted by Crippen LogP contribution is 2.69. The smallest absolute Gasteiger partial charge is 0.246 e. The molecule has 1 aliphatic heterocycles. The first-order valence-electron chi connectivity index (χ1n) is 18.2. The van der Waals surface area contributed by atoms with Crippen LogP contribution in [0.1, 0.15) is 80.1 Å². The maximum Gasteiger partial charge on any atom is 0.246 e. The van der Waals surface area contributed by atoms with Gasteiger partial charge in [-0.15, -0.1) is 0 Å². The summed E-state index contributed by atoms with van der Waals surface area (Å²) >= 11 is 0. The van der Waals surface area contributed by atoms with E-state index in [0.717, 1.165) is 24.8 Å². The number of carbonyl (C=O) groups excluding carboxylic acids is 4. The molecule has 5 N–H and O–H groups in total. The third-order valence-corrected chi connectivity index (χ3v) is 12.5. The Morgan fingerprint density at radius 2 is 1.84 bits per heavy atom. The minimum absolute atomic E-state index is 0.00288. The number of fused-ring (bicyclic) bond motifs is 7. The summed E-state index contributed by atoms with van der Waals surface area (Å²) in [6.07, 6.45) is 7.84. The van der Waals surface area contributed by atoms with Crippen LogP contribution in [0, 0.1) is 34.5 Å². The van der Waals surface area contributed by atoms with E-state index in [1.165, 1.54) is 0 Å². The van der Waals surface area contributed by atoms with Gasteiger partial charge in [0.15, 0.2) is 17.7 Å². The summed E-state index contributed by atoms with van der Waals surface area (Å²) in [5.41, 5.74) is 5.11. The Kier molecular flexibility index (Phi) is 9.93. The van der Waals surface area contributed by atoms with E-state index in [9.17, 15) is 24.3 Å². The van der Waals surface area contributed by atoms with Gasteiger partial charge in [-0.1, -0.05) is 52.7 Å². The first-order valence-corrected chi connectivity index (χ1v) is 18.2. The number of hydrogen-bond donors (Lipinski definition) is 4. The Morgan fingerprint density at radius 1 is 1.12 bits per heavy atom. The Bertz CT molecular complexity index is 1570. The second kappa shape index (κ2) is 13.6. The fraction of sp³-hybridized carbons (Fsp3) is 0.641. The average molecular weight is 692 g/mol. The highest BCUT2D eigenvalue weighted by Gasteiger charge is 2.75. The number of anilines is 1. The minimum atomic E-state index is -1.27. The molecular formula is C39H53N3O8. The molecule has 1 unspecified atom stereocenters. The van der Waals surface area contributed by atoms with Gasteiger partial charge in [0.1, 0.15) is 18.4 Å². The van der Waals surface area contributed by atoms with E-state index in [1.54, 1.807) is 43.3 Å². The third kappa shape index (κ3) is 6.03. The maximum atomic E-state index is 14.5. The number of carbonyl (C=O) groups is 4. The average Bonchev–Trinajstić information content (AvgIpc) is 3.55. The molecule has 0 aromatic heterocycles. The van der Waals surface area contributed by atoms with Crippen molar-refractivity contribution in [2.45, 2.75) is 116 Å². The molecule has 1 saturated heterocycles. The molecule has 4 fully saturated rings. The van der Waals surface area contributed by atoms with Gasteiger partial charge in [0.25, 0.3) is 0 Å². The maximum absolute atomic E-state index is 14.5. The zero-order valence-electron chi connectivity index (χ0n) is 30.1. The van der Waals surface area contributed by atoms with E-state index in [-0.39, 0.29) is 47.8 Å². The normalized spacial score (nSPS) is 36.7. The number of amides is 2. The molecule has 5 aliphatic rings. The lowest BCUT2D eigenvalue weighted by Gasteiger charge is -2.59. The third-order valence-electron chi connectivity index (χ3n) is 12.5. The van der Waals surface area contributed by atoms with Gasteiger partial charge < -0.3 is 35.7 Å². The van der Waals surface area contributed by atoms with Crippen molar-refractivity contribution in [2.75, 3.05) is 11.9 Å². The van der Waals surface area contributed by atoms with Crippen molar-refractivity contribution < 1.29 is 38.5 Å². The summed E-state index contributed by atoms with van der Waals surface area (Å²) in [5, 5.41) is 17.4. The van der Waals surface area contributed by atoms with Gasteiger partial charge in [-0.25, -0.2) is 0 Å². The van der Waals surface area contributed by atoms with Crippen molar-refractivity contribution in [2.24, 2.45) is 40.2 Å². The molecule has 272 valence electrons. The van der Waals surface area contributed by atoms with Crippen LogP contribution in [0.15, 0.2) is 48.1 Å². The Hall–Kier alpha value is -3.38. The summed E-state index contributed by atoms with van der Waals surface area (Å²) in [4.78, 5) is 51.8. The molecule has 11 atom stereocenters. The topological polar surface area (TPSA) is 166 Å². The number of aliphatic hydroxyl groups is 1. The van der Waals surface area contributed by atoms with Crippen LogP contribution in [0.3, 0.4) is 0 Å². The molecule has 4 aliphatic carbocycles.